The molecule has 4 heteroatoms. The van der Waals surface area contributed by atoms with Crippen LogP contribution >= 0.6 is 0 Å². The van der Waals surface area contributed by atoms with Crippen LogP contribution in [0, 0.1) is 11.8 Å². The van der Waals surface area contributed by atoms with Crippen molar-refractivity contribution in [3.8, 4) is 0 Å². The molecule has 1 saturated carbocycles. The fourth-order valence-electron chi connectivity index (χ4n) is 2.49. The zero-order chi connectivity index (χ0) is 11.5. The SMILES string of the molecule is CNC1COCC1C(=O)NC(C)C1CCC1. The summed E-state index contributed by atoms with van der Waals surface area (Å²) >= 11 is 0. The summed E-state index contributed by atoms with van der Waals surface area (Å²) in [5, 5.41) is 6.27. The third kappa shape index (κ3) is 2.38. The van der Waals surface area contributed by atoms with Gasteiger partial charge in [0.1, 0.15) is 0 Å². The van der Waals surface area contributed by atoms with Gasteiger partial charge < -0.3 is 15.4 Å². The summed E-state index contributed by atoms with van der Waals surface area (Å²) in [7, 11) is 1.88. The summed E-state index contributed by atoms with van der Waals surface area (Å²) in [6, 6.07) is 0.493. The van der Waals surface area contributed by atoms with E-state index in [9.17, 15) is 4.79 Å². The standard InChI is InChI=1S/C12H22N2O2/c1-8(9-4-3-5-9)14-12(15)10-6-16-7-11(10)13-2/h8-11,13H,3-7H2,1-2H3,(H,14,15). The number of rotatable bonds is 4. The molecule has 1 saturated heterocycles. The van der Waals surface area contributed by atoms with Crippen LogP contribution < -0.4 is 10.6 Å². The smallest absolute Gasteiger partial charge is 0.227 e. The van der Waals surface area contributed by atoms with Crippen LogP contribution in [0.5, 0.6) is 0 Å². The maximum absolute atomic E-state index is 12.0. The van der Waals surface area contributed by atoms with E-state index in [1.54, 1.807) is 0 Å². The van der Waals surface area contributed by atoms with Crippen LogP contribution in [0.2, 0.25) is 0 Å². The summed E-state index contributed by atoms with van der Waals surface area (Å²) in [5.74, 6) is 0.822. The molecule has 2 aliphatic rings. The van der Waals surface area contributed by atoms with Gasteiger partial charge in [0.15, 0.2) is 0 Å². The first-order valence-electron chi connectivity index (χ1n) is 6.27. The quantitative estimate of drug-likeness (QED) is 0.735. The second-order valence-corrected chi connectivity index (χ2v) is 5.03. The second-order valence-electron chi connectivity index (χ2n) is 5.03. The summed E-state index contributed by atoms with van der Waals surface area (Å²) in [5.41, 5.74) is 0. The van der Waals surface area contributed by atoms with E-state index in [4.69, 9.17) is 4.74 Å². The van der Waals surface area contributed by atoms with Crippen molar-refractivity contribution in [2.75, 3.05) is 20.3 Å². The maximum atomic E-state index is 12.0. The van der Waals surface area contributed by atoms with Gasteiger partial charge >= 0.3 is 0 Å². The molecule has 3 unspecified atom stereocenters. The maximum Gasteiger partial charge on any atom is 0.227 e. The normalized spacial score (nSPS) is 32.1. The minimum atomic E-state index is -0.0208. The third-order valence-corrected chi connectivity index (χ3v) is 4.01. The average molecular weight is 226 g/mol. The van der Waals surface area contributed by atoms with Crippen LogP contribution in [-0.2, 0) is 9.53 Å². The molecule has 2 fully saturated rings. The Labute approximate surface area is 97.1 Å². The van der Waals surface area contributed by atoms with Crippen LogP contribution in [0.1, 0.15) is 26.2 Å². The Morgan fingerprint density at radius 2 is 2.12 bits per heavy atom. The lowest BCUT2D eigenvalue weighted by molar-refractivity contribution is -0.126. The van der Waals surface area contributed by atoms with Crippen LogP contribution in [0.15, 0.2) is 0 Å². The number of carbonyl (C=O) groups is 1. The molecule has 1 amide bonds. The molecule has 0 spiro atoms. The first kappa shape index (κ1) is 11.9. The molecule has 16 heavy (non-hydrogen) atoms. The Balaban J connectivity index is 1.82. The van der Waals surface area contributed by atoms with E-state index in [2.05, 4.69) is 17.6 Å². The van der Waals surface area contributed by atoms with Crippen molar-refractivity contribution >= 4 is 5.91 Å². The highest BCUT2D eigenvalue weighted by Gasteiger charge is 2.34. The zero-order valence-electron chi connectivity index (χ0n) is 10.2. The van der Waals surface area contributed by atoms with Gasteiger partial charge in [0.05, 0.1) is 19.1 Å². The summed E-state index contributed by atoms with van der Waals surface area (Å²) in [4.78, 5) is 12.0. The van der Waals surface area contributed by atoms with Gasteiger partial charge in [-0.25, -0.2) is 0 Å². The van der Waals surface area contributed by atoms with Crippen LogP contribution in [0.4, 0.5) is 0 Å². The zero-order valence-corrected chi connectivity index (χ0v) is 10.2. The molecule has 2 rings (SSSR count). The largest absolute Gasteiger partial charge is 0.379 e. The molecule has 2 N–H and O–H groups in total. The third-order valence-electron chi connectivity index (χ3n) is 4.01. The molecule has 0 radical (unpaired) electrons. The number of ether oxygens (including phenoxy) is 1. The van der Waals surface area contributed by atoms with E-state index in [1.807, 2.05) is 7.05 Å². The van der Waals surface area contributed by atoms with Crippen molar-refractivity contribution in [2.24, 2.45) is 11.8 Å². The van der Waals surface area contributed by atoms with E-state index in [0.717, 1.165) is 0 Å². The lowest BCUT2D eigenvalue weighted by atomic mass is 9.80. The van der Waals surface area contributed by atoms with Gasteiger partial charge in [-0.3, -0.25) is 4.79 Å². The fraction of sp³-hybridized carbons (Fsp3) is 0.917. The molecule has 0 aromatic carbocycles. The highest BCUT2D eigenvalue weighted by atomic mass is 16.5. The number of likely N-dealkylation sites (N-methyl/N-ethyl adjacent to an activating group) is 1. The lowest BCUT2D eigenvalue weighted by Crippen LogP contribution is -2.48. The predicted molar refractivity (Wildman–Crippen MR) is 62.1 cm³/mol. The van der Waals surface area contributed by atoms with E-state index in [0.29, 0.717) is 25.2 Å². The van der Waals surface area contributed by atoms with Crippen LogP contribution in [0.25, 0.3) is 0 Å². The molecule has 0 aromatic heterocycles. The Hall–Kier alpha value is -0.610. The fourth-order valence-corrected chi connectivity index (χ4v) is 2.49. The van der Waals surface area contributed by atoms with E-state index >= 15 is 0 Å². The Bertz CT molecular complexity index is 253. The molecular weight excluding hydrogens is 204 g/mol. The van der Waals surface area contributed by atoms with Crippen molar-refractivity contribution in [2.45, 2.75) is 38.3 Å². The molecule has 3 atom stereocenters. The molecule has 0 aromatic rings. The predicted octanol–water partition coefficient (Wildman–Crippen LogP) is 0.526. The average Bonchev–Trinajstić information content (AvgIpc) is 2.61. The molecular formula is C12H22N2O2. The highest BCUT2D eigenvalue weighted by molar-refractivity contribution is 5.80. The Morgan fingerprint density at radius 3 is 2.69 bits per heavy atom. The molecule has 1 aliphatic heterocycles. The Kier molecular flexibility index (Phi) is 3.82. The molecule has 1 heterocycles. The number of amides is 1. The van der Waals surface area contributed by atoms with Gasteiger partial charge in [0.2, 0.25) is 5.91 Å². The molecule has 0 bridgehead atoms. The number of hydrogen-bond donors (Lipinski definition) is 2. The summed E-state index contributed by atoms with van der Waals surface area (Å²) in [6.45, 7) is 3.31. The summed E-state index contributed by atoms with van der Waals surface area (Å²) in [6.07, 6.45) is 3.84. The minimum absolute atomic E-state index is 0.0208. The van der Waals surface area contributed by atoms with Crippen molar-refractivity contribution in [1.82, 2.24) is 10.6 Å². The molecule has 92 valence electrons. The molecule has 1 aliphatic carbocycles. The Morgan fingerprint density at radius 1 is 1.38 bits per heavy atom. The second kappa shape index (κ2) is 5.15. The van der Waals surface area contributed by atoms with Gasteiger partial charge in [-0.1, -0.05) is 6.42 Å². The minimum Gasteiger partial charge on any atom is -0.379 e. The van der Waals surface area contributed by atoms with Gasteiger partial charge in [-0.15, -0.1) is 0 Å². The monoisotopic (exact) mass is 226 g/mol. The number of hydrogen-bond acceptors (Lipinski definition) is 3. The summed E-state index contributed by atoms with van der Waals surface area (Å²) < 4.78 is 5.34. The topological polar surface area (TPSA) is 50.4 Å². The van der Waals surface area contributed by atoms with Gasteiger partial charge in [-0.2, -0.15) is 0 Å². The number of nitrogens with one attached hydrogen (secondary N) is 2. The number of carbonyl (C=O) groups excluding carboxylic acids is 1. The first-order valence-corrected chi connectivity index (χ1v) is 6.27. The van der Waals surface area contributed by atoms with Crippen molar-refractivity contribution in [1.29, 1.82) is 0 Å². The van der Waals surface area contributed by atoms with Crippen molar-refractivity contribution in [3.63, 3.8) is 0 Å². The van der Waals surface area contributed by atoms with Gasteiger partial charge in [-0.05, 0) is 32.7 Å². The first-order chi connectivity index (χ1) is 7.72. The van der Waals surface area contributed by atoms with Gasteiger partial charge in [0.25, 0.3) is 0 Å². The van der Waals surface area contributed by atoms with Crippen LogP contribution in [-0.4, -0.2) is 38.3 Å². The highest BCUT2D eigenvalue weighted by Crippen LogP contribution is 2.29. The van der Waals surface area contributed by atoms with Gasteiger partial charge in [0, 0.05) is 12.1 Å². The van der Waals surface area contributed by atoms with E-state index in [1.165, 1.54) is 19.3 Å². The lowest BCUT2D eigenvalue weighted by Gasteiger charge is -2.32. The van der Waals surface area contributed by atoms with E-state index in [-0.39, 0.29) is 17.9 Å². The van der Waals surface area contributed by atoms with Crippen molar-refractivity contribution < 1.29 is 9.53 Å². The van der Waals surface area contributed by atoms with Crippen molar-refractivity contribution in [3.05, 3.63) is 0 Å². The molecule has 4 nitrogen and oxygen atoms in total. The van der Waals surface area contributed by atoms with Crippen LogP contribution in [0.3, 0.4) is 0 Å². The van der Waals surface area contributed by atoms with E-state index < -0.39 is 0 Å².